The summed E-state index contributed by atoms with van der Waals surface area (Å²) in [6, 6.07) is 20.5. The van der Waals surface area contributed by atoms with Gasteiger partial charge in [-0.1, -0.05) is 35.3 Å². The number of nitriles is 2. The zero-order valence-electron chi connectivity index (χ0n) is 18.9. The predicted molar refractivity (Wildman–Crippen MR) is 133 cm³/mol. The highest BCUT2D eigenvalue weighted by molar-refractivity contribution is 6.42. The van der Waals surface area contributed by atoms with Crippen LogP contribution in [0.5, 0.6) is 0 Å². The van der Waals surface area contributed by atoms with Crippen molar-refractivity contribution in [2.45, 2.75) is 18.5 Å². The summed E-state index contributed by atoms with van der Waals surface area (Å²) in [4.78, 5) is 17.2. The summed E-state index contributed by atoms with van der Waals surface area (Å²) in [6.45, 7) is 1.36. The van der Waals surface area contributed by atoms with Gasteiger partial charge in [0.25, 0.3) is 5.91 Å². The van der Waals surface area contributed by atoms with Crippen molar-refractivity contribution < 1.29 is 9.18 Å². The number of carbonyl (C=O) groups is 1. The van der Waals surface area contributed by atoms with Crippen LogP contribution in [0.2, 0.25) is 10.0 Å². The third kappa shape index (κ3) is 5.31. The lowest BCUT2D eigenvalue weighted by atomic mass is 9.93. The molecular formula is C27H21Cl2FN4O. The molecule has 0 spiro atoms. The molecule has 176 valence electrons. The van der Waals surface area contributed by atoms with Crippen molar-refractivity contribution in [3.8, 4) is 12.1 Å². The van der Waals surface area contributed by atoms with Crippen molar-refractivity contribution in [3.05, 3.63) is 104 Å². The van der Waals surface area contributed by atoms with Gasteiger partial charge >= 0.3 is 0 Å². The van der Waals surface area contributed by atoms with Crippen LogP contribution in [0.15, 0.2) is 60.7 Å². The summed E-state index contributed by atoms with van der Waals surface area (Å²) in [6.07, 6.45) is 0. The van der Waals surface area contributed by atoms with E-state index in [1.807, 2.05) is 25.2 Å². The smallest absolute Gasteiger partial charge is 0.253 e. The van der Waals surface area contributed by atoms with Gasteiger partial charge in [0, 0.05) is 37.2 Å². The minimum Gasteiger partial charge on any atom is -0.336 e. The molecule has 0 saturated carbocycles. The van der Waals surface area contributed by atoms with Gasteiger partial charge in [-0.3, -0.25) is 9.69 Å². The molecule has 1 saturated heterocycles. The topological polar surface area (TPSA) is 71.1 Å². The number of amides is 1. The number of benzene rings is 3. The van der Waals surface area contributed by atoms with E-state index in [0.29, 0.717) is 40.8 Å². The van der Waals surface area contributed by atoms with E-state index in [4.69, 9.17) is 33.7 Å². The Morgan fingerprint density at radius 3 is 2.40 bits per heavy atom. The molecule has 3 aromatic carbocycles. The molecule has 0 bridgehead atoms. The maximum Gasteiger partial charge on any atom is 0.253 e. The molecule has 3 aromatic rings. The van der Waals surface area contributed by atoms with Gasteiger partial charge in [-0.05, 0) is 66.7 Å². The van der Waals surface area contributed by atoms with Crippen LogP contribution < -0.4 is 0 Å². The summed E-state index contributed by atoms with van der Waals surface area (Å²) in [7, 11) is 1.93. The van der Waals surface area contributed by atoms with Crippen LogP contribution in [-0.4, -0.2) is 41.9 Å². The van der Waals surface area contributed by atoms with Gasteiger partial charge in [0.15, 0.2) is 0 Å². The van der Waals surface area contributed by atoms with Crippen molar-refractivity contribution >= 4 is 29.1 Å². The van der Waals surface area contributed by atoms with E-state index in [1.165, 1.54) is 12.1 Å². The Balaban J connectivity index is 1.61. The molecule has 1 amide bonds. The predicted octanol–water partition coefficient (Wildman–Crippen LogP) is 5.62. The quantitative estimate of drug-likeness (QED) is 0.450. The normalized spacial score (nSPS) is 17.3. The molecule has 8 heteroatoms. The van der Waals surface area contributed by atoms with Gasteiger partial charge in [0.05, 0.1) is 27.2 Å². The lowest BCUT2D eigenvalue weighted by molar-refractivity contribution is 0.0779. The molecule has 2 atom stereocenters. The molecule has 1 heterocycles. The van der Waals surface area contributed by atoms with E-state index < -0.39 is 5.82 Å². The average Bonchev–Trinajstić information content (AvgIpc) is 3.31. The molecule has 0 N–H and O–H groups in total. The summed E-state index contributed by atoms with van der Waals surface area (Å²) in [5.41, 5.74) is 2.69. The van der Waals surface area contributed by atoms with Crippen LogP contribution in [0.4, 0.5) is 4.39 Å². The molecule has 4 rings (SSSR count). The number of likely N-dealkylation sites (N-methyl/N-ethyl adjacent to an activating group) is 1. The summed E-state index contributed by atoms with van der Waals surface area (Å²) in [5.74, 6) is -0.733. The van der Waals surface area contributed by atoms with Crippen molar-refractivity contribution in [2.75, 3.05) is 20.1 Å². The van der Waals surface area contributed by atoms with Gasteiger partial charge in [-0.2, -0.15) is 10.5 Å². The largest absolute Gasteiger partial charge is 0.336 e. The highest BCUT2D eigenvalue weighted by atomic mass is 35.5. The minimum atomic E-state index is -0.552. The van der Waals surface area contributed by atoms with E-state index in [2.05, 4.69) is 11.0 Å². The Labute approximate surface area is 213 Å². The molecular weight excluding hydrogens is 486 g/mol. The van der Waals surface area contributed by atoms with E-state index in [0.717, 1.165) is 11.1 Å². The summed E-state index contributed by atoms with van der Waals surface area (Å²) < 4.78 is 14.2. The fourth-order valence-corrected chi connectivity index (χ4v) is 4.80. The van der Waals surface area contributed by atoms with Gasteiger partial charge in [-0.25, -0.2) is 4.39 Å². The molecule has 1 fully saturated rings. The Bertz CT molecular complexity index is 1350. The number of carbonyl (C=O) groups excluding carboxylic acids is 1. The number of hydrogen-bond donors (Lipinski definition) is 0. The van der Waals surface area contributed by atoms with E-state index in [1.54, 1.807) is 41.3 Å². The lowest BCUT2D eigenvalue weighted by Gasteiger charge is -2.29. The number of hydrogen-bond acceptors (Lipinski definition) is 4. The third-order valence-electron chi connectivity index (χ3n) is 6.36. The highest BCUT2D eigenvalue weighted by Gasteiger charge is 2.39. The maximum atomic E-state index is 14.2. The lowest BCUT2D eigenvalue weighted by Crippen LogP contribution is -2.38. The van der Waals surface area contributed by atoms with Crippen LogP contribution in [0.1, 0.15) is 38.5 Å². The van der Waals surface area contributed by atoms with Crippen LogP contribution in [-0.2, 0) is 6.54 Å². The SMILES string of the molecule is CN(Cc1ccc(C#N)c(F)c1)C1CN(C(=O)c2ccc(C#N)cc2)C[C@@H]1c1ccc(Cl)c(Cl)c1. The van der Waals surface area contributed by atoms with Crippen LogP contribution in [0.25, 0.3) is 0 Å². The third-order valence-corrected chi connectivity index (χ3v) is 7.10. The fraction of sp³-hybridized carbons (Fsp3) is 0.222. The molecule has 0 aromatic heterocycles. The molecule has 5 nitrogen and oxygen atoms in total. The van der Waals surface area contributed by atoms with Crippen LogP contribution in [0, 0.1) is 28.5 Å². The summed E-state index contributed by atoms with van der Waals surface area (Å²) >= 11 is 12.4. The first-order valence-corrected chi connectivity index (χ1v) is 11.7. The van der Waals surface area contributed by atoms with E-state index >= 15 is 0 Å². The molecule has 35 heavy (non-hydrogen) atoms. The zero-order valence-corrected chi connectivity index (χ0v) is 20.4. The minimum absolute atomic E-state index is 0.00476. The number of rotatable bonds is 5. The first-order chi connectivity index (χ1) is 16.8. The van der Waals surface area contributed by atoms with Crippen LogP contribution >= 0.6 is 23.2 Å². The molecule has 1 unspecified atom stereocenters. The number of nitrogens with zero attached hydrogens (tertiary/aromatic N) is 4. The Kier molecular flexibility index (Phi) is 7.38. The Hall–Kier alpha value is -3.42. The van der Waals surface area contributed by atoms with Crippen molar-refractivity contribution in [1.82, 2.24) is 9.80 Å². The van der Waals surface area contributed by atoms with Crippen molar-refractivity contribution in [3.63, 3.8) is 0 Å². The first-order valence-electron chi connectivity index (χ1n) is 10.9. The van der Waals surface area contributed by atoms with Crippen LogP contribution in [0.3, 0.4) is 0 Å². The standard InChI is InChI=1S/C27H21Cl2FN4O/c1-33(14-18-4-7-21(13-32)25(30)10-18)26-16-34(27(35)19-5-2-17(12-31)3-6-19)15-22(26)20-8-9-23(28)24(29)11-20/h2-11,22,26H,14-16H2,1H3/t22-,26?/m1/s1. The molecule has 1 aliphatic heterocycles. The average molecular weight is 507 g/mol. The monoisotopic (exact) mass is 506 g/mol. The van der Waals surface area contributed by atoms with Crippen molar-refractivity contribution in [2.24, 2.45) is 0 Å². The zero-order chi connectivity index (χ0) is 25.1. The first kappa shape index (κ1) is 24.7. The summed E-state index contributed by atoms with van der Waals surface area (Å²) in [5, 5.41) is 18.9. The van der Waals surface area contributed by atoms with Gasteiger partial charge in [-0.15, -0.1) is 0 Å². The molecule has 0 aliphatic carbocycles. The van der Waals surface area contributed by atoms with Gasteiger partial charge in [0.2, 0.25) is 0 Å². The Morgan fingerprint density at radius 2 is 1.77 bits per heavy atom. The van der Waals surface area contributed by atoms with E-state index in [9.17, 15) is 9.18 Å². The Morgan fingerprint density at radius 1 is 1.03 bits per heavy atom. The van der Waals surface area contributed by atoms with Gasteiger partial charge in [0.1, 0.15) is 11.9 Å². The molecule has 1 aliphatic rings. The van der Waals surface area contributed by atoms with Gasteiger partial charge < -0.3 is 4.90 Å². The number of likely N-dealkylation sites (tertiary alicyclic amines) is 1. The fourth-order valence-electron chi connectivity index (χ4n) is 4.49. The molecule has 0 radical (unpaired) electrons. The maximum absolute atomic E-state index is 14.2. The second kappa shape index (κ2) is 10.5. The number of halogens is 3. The van der Waals surface area contributed by atoms with Crippen molar-refractivity contribution in [1.29, 1.82) is 10.5 Å². The second-order valence-corrected chi connectivity index (χ2v) is 9.40. The highest BCUT2D eigenvalue weighted by Crippen LogP contribution is 2.35. The van der Waals surface area contributed by atoms with E-state index in [-0.39, 0.29) is 23.4 Å². The second-order valence-electron chi connectivity index (χ2n) is 8.59.